The average molecular weight is 247 g/mol. The van der Waals surface area contributed by atoms with E-state index in [0.717, 1.165) is 18.4 Å². The van der Waals surface area contributed by atoms with Crippen molar-refractivity contribution in [3.8, 4) is 0 Å². The smallest absolute Gasteiger partial charge is 0.110 e. The van der Waals surface area contributed by atoms with Gasteiger partial charge in [0.1, 0.15) is 5.82 Å². The van der Waals surface area contributed by atoms with Crippen LogP contribution in [0.25, 0.3) is 0 Å². The second-order valence-corrected chi connectivity index (χ2v) is 6.04. The van der Waals surface area contributed by atoms with Crippen LogP contribution >= 0.6 is 0 Å². The number of hydrogen-bond acceptors (Lipinski definition) is 2. The van der Waals surface area contributed by atoms with Gasteiger partial charge in [0.05, 0.1) is 0 Å². The molecule has 2 atom stereocenters. The van der Waals surface area contributed by atoms with E-state index in [1.54, 1.807) is 0 Å². The molecule has 3 heterocycles. The van der Waals surface area contributed by atoms with E-state index in [1.807, 2.05) is 0 Å². The van der Waals surface area contributed by atoms with Gasteiger partial charge >= 0.3 is 0 Å². The molecule has 2 aliphatic heterocycles. The van der Waals surface area contributed by atoms with Gasteiger partial charge in [0.15, 0.2) is 0 Å². The van der Waals surface area contributed by atoms with Crippen molar-refractivity contribution in [2.24, 2.45) is 5.92 Å². The molecular formula is C15H25N3. The van der Waals surface area contributed by atoms with E-state index in [0.29, 0.717) is 0 Å². The van der Waals surface area contributed by atoms with Crippen LogP contribution in [0.15, 0.2) is 6.20 Å². The van der Waals surface area contributed by atoms with Gasteiger partial charge in [-0.1, -0.05) is 13.8 Å². The first kappa shape index (κ1) is 12.2. The van der Waals surface area contributed by atoms with Gasteiger partial charge < -0.3 is 9.47 Å². The van der Waals surface area contributed by atoms with E-state index >= 15 is 0 Å². The highest BCUT2D eigenvalue weighted by Gasteiger charge is 2.26. The number of nitrogens with zero attached hydrogens (tertiary/aromatic N) is 3. The van der Waals surface area contributed by atoms with E-state index in [1.165, 1.54) is 56.8 Å². The van der Waals surface area contributed by atoms with Crippen LogP contribution in [0.3, 0.4) is 0 Å². The molecule has 1 aromatic heterocycles. The monoisotopic (exact) mass is 247 g/mol. The summed E-state index contributed by atoms with van der Waals surface area (Å²) in [4.78, 5) is 7.32. The molecule has 0 radical (unpaired) electrons. The molecule has 0 aliphatic carbocycles. The van der Waals surface area contributed by atoms with E-state index in [4.69, 9.17) is 4.98 Å². The first-order valence-corrected chi connectivity index (χ1v) is 7.55. The van der Waals surface area contributed by atoms with Crippen molar-refractivity contribution in [3.63, 3.8) is 0 Å². The first-order chi connectivity index (χ1) is 8.78. The van der Waals surface area contributed by atoms with Crippen molar-refractivity contribution in [3.05, 3.63) is 17.7 Å². The lowest BCUT2D eigenvalue weighted by Gasteiger charge is -2.25. The summed E-state index contributed by atoms with van der Waals surface area (Å²) in [6, 6.07) is 0.737. The minimum absolute atomic E-state index is 0.737. The van der Waals surface area contributed by atoms with Crippen LogP contribution in [0.4, 0.5) is 0 Å². The molecule has 1 aromatic rings. The molecule has 0 aromatic carbocycles. The van der Waals surface area contributed by atoms with Crippen LogP contribution in [0.5, 0.6) is 0 Å². The van der Waals surface area contributed by atoms with Gasteiger partial charge in [0.25, 0.3) is 0 Å². The highest BCUT2D eigenvalue weighted by molar-refractivity contribution is 5.10. The fourth-order valence-electron chi connectivity index (χ4n) is 3.61. The quantitative estimate of drug-likeness (QED) is 0.818. The highest BCUT2D eigenvalue weighted by atomic mass is 15.2. The second-order valence-electron chi connectivity index (χ2n) is 6.04. The molecule has 2 unspecified atom stereocenters. The lowest BCUT2D eigenvalue weighted by atomic mass is 9.98. The molecule has 0 spiro atoms. The predicted octanol–water partition coefficient (Wildman–Crippen LogP) is 2.49. The van der Waals surface area contributed by atoms with Crippen LogP contribution < -0.4 is 0 Å². The number of rotatable bonds is 3. The van der Waals surface area contributed by atoms with Gasteiger partial charge in [-0.25, -0.2) is 4.98 Å². The lowest BCUT2D eigenvalue weighted by Crippen LogP contribution is -2.32. The molecular weight excluding hydrogens is 222 g/mol. The highest BCUT2D eigenvalue weighted by Crippen LogP contribution is 2.25. The summed E-state index contributed by atoms with van der Waals surface area (Å²) < 4.78 is 2.49. The molecule has 3 nitrogen and oxygen atoms in total. The van der Waals surface area contributed by atoms with Crippen LogP contribution in [0, 0.1) is 5.92 Å². The number of aromatic nitrogens is 2. The van der Waals surface area contributed by atoms with Crippen molar-refractivity contribution in [2.75, 3.05) is 13.1 Å². The Morgan fingerprint density at radius 3 is 3.06 bits per heavy atom. The van der Waals surface area contributed by atoms with Crippen molar-refractivity contribution in [1.82, 2.24) is 14.5 Å². The topological polar surface area (TPSA) is 21.1 Å². The number of hydrogen-bond donors (Lipinski definition) is 0. The fourth-order valence-corrected chi connectivity index (χ4v) is 3.61. The van der Waals surface area contributed by atoms with E-state index in [9.17, 15) is 0 Å². The number of fused-ring (bicyclic) bond motifs is 1. The number of likely N-dealkylation sites (N-methyl/N-ethyl adjacent to an activating group) is 1. The van der Waals surface area contributed by atoms with Gasteiger partial charge in [-0.15, -0.1) is 0 Å². The van der Waals surface area contributed by atoms with Crippen molar-refractivity contribution in [1.29, 1.82) is 0 Å². The summed E-state index contributed by atoms with van der Waals surface area (Å²) in [7, 11) is 0. The van der Waals surface area contributed by atoms with Crippen LogP contribution in [0.1, 0.15) is 44.6 Å². The summed E-state index contributed by atoms with van der Waals surface area (Å²) in [5.41, 5.74) is 1.46. The molecule has 0 saturated carbocycles. The Balaban J connectivity index is 1.74. The SMILES string of the molecule is CCN1CCCC1Cc1ncc2n1CCC(C)C2. The third kappa shape index (κ3) is 2.20. The molecule has 2 aliphatic rings. The molecule has 100 valence electrons. The molecule has 1 saturated heterocycles. The maximum absolute atomic E-state index is 4.70. The Labute approximate surface area is 110 Å². The van der Waals surface area contributed by atoms with Crippen LogP contribution in [-0.4, -0.2) is 33.6 Å². The molecule has 1 fully saturated rings. The Hall–Kier alpha value is -0.830. The minimum atomic E-state index is 0.737. The van der Waals surface area contributed by atoms with Crippen molar-refractivity contribution < 1.29 is 0 Å². The molecule has 0 N–H and O–H groups in total. The summed E-state index contributed by atoms with van der Waals surface area (Å²) in [5, 5.41) is 0. The lowest BCUT2D eigenvalue weighted by molar-refractivity contribution is 0.260. The maximum atomic E-state index is 4.70. The largest absolute Gasteiger partial charge is 0.332 e. The molecule has 18 heavy (non-hydrogen) atoms. The molecule has 3 rings (SSSR count). The van der Waals surface area contributed by atoms with Crippen molar-refractivity contribution in [2.45, 2.75) is 58.5 Å². The van der Waals surface area contributed by atoms with Gasteiger partial charge in [-0.2, -0.15) is 0 Å². The van der Waals surface area contributed by atoms with E-state index in [2.05, 4.69) is 29.5 Å². The van der Waals surface area contributed by atoms with E-state index in [-0.39, 0.29) is 0 Å². The van der Waals surface area contributed by atoms with Gasteiger partial charge in [0.2, 0.25) is 0 Å². The summed E-state index contributed by atoms with van der Waals surface area (Å²) >= 11 is 0. The van der Waals surface area contributed by atoms with Crippen LogP contribution in [0.2, 0.25) is 0 Å². The minimum Gasteiger partial charge on any atom is -0.332 e. The molecule has 3 heteroatoms. The molecule has 0 bridgehead atoms. The van der Waals surface area contributed by atoms with Gasteiger partial charge in [-0.3, -0.25) is 0 Å². The second kappa shape index (κ2) is 5.04. The predicted molar refractivity (Wildman–Crippen MR) is 73.7 cm³/mol. The average Bonchev–Trinajstić information content (AvgIpc) is 2.96. The third-order valence-electron chi connectivity index (χ3n) is 4.75. The zero-order valence-corrected chi connectivity index (χ0v) is 11.7. The zero-order valence-electron chi connectivity index (χ0n) is 11.7. The number of likely N-dealkylation sites (tertiary alicyclic amines) is 1. The first-order valence-electron chi connectivity index (χ1n) is 7.55. The summed E-state index contributed by atoms with van der Waals surface area (Å²) in [5.74, 6) is 2.17. The Morgan fingerprint density at radius 1 is 1.33 bits per heavy atom. The normalized spacial score (nSPS) is 28.6. The fraction of sp³-hybridized carbons (Fsp3) is 0.800. The maximum Gasteiger partial charge on any atom is 0.110 e. The summed E-state index contributed by atoms with van der Waals surface area (Å²) in [6.45, 7) is 8.29. The third-order valence-corrected chi connectivity index (χ3v) is 4.75. The Morgan fingerprint density at radius 2 is 2.22 bits per heavy atom. The zero-order chi connectivity index (χ0) is 12.5. The standard InChI is InChI=1S/C15H25N3/c1-3-17-7-4-5-13(17)10-15-16-11-14-9-12(2)6-8-18(14)15/h11-13H,3-10H2,1-2H3. The summed E-state index contributed by atoms with van der Waals surface area (Å²) in [6.07, 6.45) is 8.53. The Kier molecular flexibility index (Phi) is 3.42. The van der Waals surface area contributed by atoms with Gasteiger partial charge in [0, 0.05) is 30.9 Å². The van der Waals surface area contributed by atoms with Crippen molar-refractivity contribution >= 4 is 0 Å². The van der Waals surface area contributed by atoms with Gasteiger partial charge in [-0.05, 0) is 44.7 Å². The molecule has 0 amide bonds. The number of imidazole rings is 1. The Bertz CT molecular complexity index is 410. The van der Waals surface area contributed by atoms with Crippen LogP contribution in [-0.2, 0) is 19.4 Å². The van der Waals surface area contributed by atoms with E-state index < -0.39 is 0 Å².